The average Bonchev–Trinajstić information content (AvgIpc) is 2.83. The lowest BCUT2D eigenvalue weighted by Crippen LogP contribution is -2.23. The molecule has 1 atom stereocenters. The second-order valence-corrected chi connectivity index (χ2v) is 6.21. The number of nitrogens with one attached hydrogen (secondary N) is 1. The molecule has 7 heteroatoms. The molecule has 0 saturated carbocycles. The molecular weight excluding hydrogens is 377 g/mol. The molecule has 114 valence electrons. The van der Waals surface area contributed by atoms with Gasteiger partial charge >= 0.3 is 0 Å². The van der Waals surface area contributed by atoms with E-state index >= 15 is 0 Å². The van der Waals surface area contributed by atoms with Gasteiger partial charge in [0.2, 0.25) is 0 Å². The molecule has 1 N–H and O–H groups in total. The minimum Gasteiger partial charge on any atom is -0.383 e. The van der Waals surface area contributed by atoms with Crippen LogP contribution in [-0.2, 0) is 11.3 Å². The van der Waals surface area contributed by atoms with Crippen LogP contribution in [0.4, 0.5) is 0 Å². The third-order valence-corrected chi connectivity index (χ3v) is 4.30. The van der Waals surface area contributed by atoms with Gasteiger partial charge in [0.1, 0.15) is 0 Å². The van der Waals surface area contributed by atoms with Crippen LogP contribution in [0.25, 0.3) is 0 Å². The third-order valence-electron chi connectivity index (χ3n) is 3.17. The van der Waals surface area contributed by atoms with Crippen molar-refractivity contribution in [2.45, 2.75) is 12.6 Å². The maximum atomic E-state index is 6.34. The second-order valence-electron chi connectivity index (χ2n) is 4.48. The summed E-state index contributed by atoms with van der Waals surface area (Å²) in [5.74, 6) is 0. The van der Waals surface area contributed by atoms with E-state index in [1.54, 1.807) is 13.3 Å². The van der Waals surface area contributed by atoms with Crippen LogP contribution >= 0.6 is 39.1 Å². The van der Waals surface area contributed by atoms with Crippen molar-refractivity contribution in [1.29, 1.82) is 0 Å². The third kappa shape index (κ3) is 3.79. The lowest BCUT2D eigenvalue weighted by atomic mass is 10.0. The number of rotatable bonds is 6. The monoisotopic (exact) mass is 391 g/mol. The molecule has 1 aromatic carbocycles. The molecule has 0 fully saturated rings. The van der Waals surface area contributed by atoms with Crippen LogP contribution in [-0.4, -0.2) is 30.5 Å². The van der Waals surface area contributed by atoms with Crippen molar-refractivity contribution in [3.8, 4) is 0 Å². The summed E-state index contributed by atoms with van der Waals surface area (Å²) in [5.41, 5.74) is 1.81. The van der Waals surface area contributed by atoms with E-state index in [2.05, 4.69) is 26.3 Å². The topological polar surface area (TPSA) is 39.1 Å². The molecule has 0 spiro atoms. The van der Waals surface area contributed by atoms with Gasteiger partial charge in [0.15, 0.2) is 0 Å². The Morgan fingerprint density at radius 1 is 1.38 bits per heavy atom. The van der Waals surface area contributed by atoms with Gasteiger partial charge in [-0.1, -0.05) is 39.1 Å². The highest BCUT2D eigenvalue weighted by atomic mass is 79.9. The number of ether oxygens (including phenoxy) is 1. The van der Waals surface area contributed by atoms with Gasteiger partial charge < -0.3 is 10.1 Å². The maximum Gasteiger partial charge on any atom is 0.0837 e. The van der Waals surface area contributed by atoms with Gasteiger partial charge in [-0.15, -0.1) is 0 Å². The predicted octanol–water partition coefficient (Wildman–Crippen LogP) is 3.91. The van der Waals surface area contributed by atoms with Crippen LogP contribution in [0.2, 0.25) is 10.0 Å². The molecule has 0 amide bonds. The fourth-order valence-electron chi connectivity index (χ4n) is 2.19. The quantitative estimate of drug-likeness (QED) is 0.809. The SMILES string of the molecule is CNC(c1cc(Br)ccc1Cl)c1c(Cl)cnn1CCOC. The van der Waals surface area contributed by atoms with E-state index in [-0.39, 0.29) is 6.04 Å². The molecule has 0 saturated heterocycles. The summed E-state index contributed by atoms with van der Waals surface area (Å²) in [6.45, 7) is 1.19. The summed E-state index contributed by atoms with van der Waals surface area (Å²) in [5, 5.41) is 8.84. The standard InChI is InChI=1S/C14H16BrCl2N3O/c1-18-13(10-7-9(15)3-4-11(10)16)14-12(17)8-19-20(14)5-6-21-2/h3-4,7-8,13,18H,5-6H2,1-2H3. The Hall–Kier alpha value is -0.590. The summed E-state index contributed by atoms with van der Waals surface area (Å²) in [7, 11) is 3.53. The van der Waals surface area contributed by atoms with Gasteiger partial charge in [0.05, 0.1) is 36.1 Å². The molecule has 0 aliphatic rings. The molecular formula is C14H16BrCl2N3O. The minimum atomic E-state index is -0.151. The van der Waals surface area contributed by atoms with Crippen LogP contribution < -0.4 is 5.32 Å². The molecule has 0 aliphatic heterocycles. The van der Waals surface area contributed by atoms with Gasteiger partial charge in [0.25, 0.3) is 0 Å². The van der Waals surface area contributed by atoms with Crippen molar-refractivity contribution < 1.29 is 4.74 Å². The first-order valence-electron chi connectivity index (χ1n) is 6.40. The Kier molecular flexibility index (Phi) is 6.08. The Balaban J connectivity index is 2.46. The van der Waals surface area contributed by atoms with E-state index in [0.29, 0.717) is 23.2 Å². The molecule has 21 heavy (non-hydrogen) atoms. The van der Waals surface area contributed by atoms with Gasteiger partial charge in [-0.3, -0.25) is 4.68 Å². The zero-order chi connectivity index (χ0) is 15.4. The van der Waals surface area contributed by atoms with E-state index < -0.39 is 0 Å². The molecule has 2 rings (SSSR count). The largest absolute Gasteiger partial charge is 0.383 e. The molecule has 1 heterocycles. The highest BCUT2D eigenvalue weighted by Crippen LogP contribution is 2.33. The fraction of sp³-hybridized carbons (Fsp3) is 0.357. The van der Waals surface area contributed by atoms with E-state index in [1.165, 1.54) is 0 Å². The zero-order valence-corrected chi connectivity index (χ0v) is 14.8. The number of halogens is 3. The van der Waals surface area contributed by atoms with Gasteiger partial charge in [-0.25, -0.2) is 0 Å². The highest BCUT2D eigenvalue weighted by Gasteiger charge is 2.23. The van der Waals surface area contributed by atoms with Crippen molar-refractivity contribution in [3.63, 3.8) is 0 Å². The van der Waals surface area contributed by atoms with E-state index in [1.807, 2.05) is 29.9 Å². The lowest BCUT2D eigenvalue weighted by Gasteiger charge is -2.20. The van der Waals surface area contributed by atoms with Crippen molar-refractivity contribution >= 4 is 39.1 Å². The van der Waals surface area contributed by atoms with Crippen LogP contribution in [0, 0.1) is 0 Å². The van der Waals surface area contributed by atoms with Gasteiger partial charge in [-0.2, -0.15) is 5.10 Å². The smallest absolute Gasteiger partial charge is 0.0837 e. The van der Waals surface area contributed by atoms with Crippen molar-refractivity contribution in [1.82, 2.24) is 15.1 Å². The molecule has 1 aromatic heterocycles. The summed E-state index contributed by atoms with van der Waals surface area (Å²) < 4.78 is 7.91. The molecule has 2 aromatic rings. The number of hydrogen-bond donors (Lipinski definition) is 1. The first-order valence-corrected chi connectivity index (χ1v) is 7.95. The zero-order valence-electron chi connectivity index (χ0n) is 11.7. The normalized spacial score (nSPS) is 12.6. The van der Waals surface area contributed by atoms with Gasteiger partial charge in [0, 0.05) is 16.6 Å². The summed E-state index contributed by atoms with van der Waals surface area (Å²) in [6, 6.07) is 5.59. The molecule has 0 bridgehead atoms. The van der Waals surface area contributed by atoms with E-state index in [0.717, 1.165) is 15.7 Å². The number of hydrogen-bond acceptors (Lipinski definition) is 3. The van der Waals surface area contributed by atoms with Crippen molar-refractivity contribution in [2.24, 2.45) is 0 Å². The predicted molar refractivity (Wildman–Crippen MR) is 89.2 cm³/mol. The van der Waals surface area contributed by atoms with Crippen molar-refractivity contribution in [3.05, 3.63) is 50.2 Å². The average molecular weight is 393 g/mol. The first kappa shape index (κ1) is 16.8. The number of nitrogens with zero attached hydrogens (tertiary/aromatic N) is 2. The summed E-state index contributed by atoms with van der Waals surface area (Å²) in [4.78, 5) is 0. The van der Waals surface area contributed by atoms with Crippen LogP contribution in [0.1, 0.15) is 17.3 Å². The molecule has 0 radical (unpaired) electrons. The van der Waals surface area contributed by atoms with Gasteiger partial charge in [-0.05, 0) is 30.8 Å². The highest BCUT2D eigenvalue weighted by molar-refractivity contribution is 9.10. The summed E-state index contributed by atoms with van der Waals surface area (Å²) >= 11 is 16.1. The Morgan fingerprint density at radius 2 is 2.14 bits per heavy atom. The Morgan fingerprint density at radius 3 is 2.81 bits per heavy atom. The maximum absolute atomic E-state index is 6.34. The van der Waals surface area contributed by atoms with Crippen molar-refractivity contribution in [2.75, 3.05) is 20.8 Å². The Bertz CT molecular complexity index is 618. The Labute approximate surface area is 142 Å². The fourth-order valence-corrected chi connectivity index (χ4v) is 3.05. The number of aromatic nitrogens is 2. The van der Waals surface area contributed by atoms with E-state index in [4.69, 9.17) is 27.9 Å². The second kappa shape index (κ2) is 7.61. The number of benzene rings is 1. The summed E-state index contributed by atoms with van der Waals surface area (Å²) in [6.07, 6.45) is 1.64. The minimum absolute atomic E-state index is 0.151. The van der Waals surface area contributed by atoms with Crippen LogP contribution in [0.5, 0.6) is 0 Å². The lowest BCUT2D eigenvalue weighted by molar-refractivity contribution is 0.182. The number of methoxy groups -OCH3 is 1. The molecule has 1 unspecified atom stereocenters. The molecule has 4 nitrogen and oxygen atoms in total. The van der Waals surface area contributed by atoms with Crippen LogP contribution in [0.15, 0.2) is 28.9 Å². The van der Waals surface area contributed by atoms with Crippen LogP contribution in [0.3, 0.4) is 0 Å². The van der Waals surface area contributed by atoms with E-state index in [9.17, 15) is 0 Å². The molecule has 0 aliphatic carbocycles. The first-order chi connectivity index (χ1) is 10.1.